The Bertz CT molecular complexity index is 1080. The summed E-state index contributed by atoms with van der Waals surface area (Å²) in [5.74, 6) is 0.690. The van der Waals surface area contributed by atoms with Crippen molar-refractivity contribution in [2.24, 2.45) is 11.3 Å². The molecular weight excluding hydrogens is 392 g/mol. The number of rotatable bonds is 3. The van der Waals surface area contributed by atoms with Crippen LogP contribution in [0.3, 0.4) is 0 Å². The van der Waals surface area contributed by atoms with E-state index in [0.29, 0.717) is 22.0 Å². The molecule has 4 heteroatoms. The topological polar surface area (TPSA) is 43.4 Å². The molecule has 2 atom stereocenters. The minimum Gasteiger partial charge on any atom is -0.486 e. The fourth-order valence-electron chi connectivity index (χ4n) is 5.27. The van der Waals surface area contributed by atoms with E-state index in [4.69, 9.17) is 4.74 Å². The molecule has 4 rings (SSSR count). The molecule has 0 amide bonds. The zero-order valence-electron chi connectivity index (χ0n) is 18.7. The zero-order chi connectivity index (χ0) is 21.7. The van der Waals surface area contributed by atoms with E-state index in [0.717, 1.165) is 36.0 Å². The van der Waals surface area contributed by atoms with Crippen LogP contribution in [0, 0.1) is 25.2 Å². The predicted molar refractivity (Wildman–Crippen MR) is 122 cm³/mol. The van der Waals surface area contributed by atoms with Gasteiger partial charge in [-0.05, 0) is 64.0 Å². The van der Waals surface area contributed by atoms with Gasteiger partial charge in [-0.25, -0.2) is 8.42 Å². The van der Waals surface area contributed by atoms with E-state index in [1.165, 1.54) is 0 Å². The van der Waals surface area contributed by atoms with E-state index in [1.54, 1.807) is 12.1 Å². The third-order valence-corrected chi connectivity index (χ3v) is 9.02. The summed E-state index contributed by atoms with van der Waals surface area (Å²) in [6.45, 7) is 10.7. The molecule has 3 nitrogen and oxygen atoms in total. The Morgan fingerprint density at radius 1 is 0.867 bits per heavy atom. The van der Waals surface area contributed by atoms with Crippen molar-refractivity contribution in [1.29, 1.82) is 0 Å². The van der Waals surface area contributed by atoms with Crippen molar-refractivity contribution in [2.45, 2.75) is 70.8 Å². The quantitative estimate of drug-likeness (QED) is 0.568. The number of hydrogen-bond acceptors (Lipinski definition) is 3. The molecule has 2 aromatic carbocycles. The lowest BCUT2D eigenvalue weighted by molar-refractivity contribution is -0.0951. The summed E-state index contributed by atoms with van der Waals surface area (Å²) >= 11 is 0. The molecule has 1 aliphatic heterocycles. The van der Waals surface area contributed by atoms with Crippen molar-refractivity contribution in [1.82, 2.24) is 0 Å². The van der Waals surface area contributed by atoms with Gasteiger partial charge >= 0.3 is 0 Å². The molecule has 1 heterocycles. The summed E-state index contributed by atoms with van der Waals surface area (Å²) < 4.78 is 34.3. The average molecular weight is 425 g/mol. The first-order chi connectivity index (χ1) is 14.0. The van der Waals surface area contributed by atoms with E-state index in [1.807, 2.05) is 50.2 Å². The highest BCUT2D eigenvalue weighted by Crippen LogP contribution is 2.56. The van der Waals surface area contributed by atoms with E-state index in [-0.39, 0.29) is 16.9 Å². The van der Waals surface area contributed by atoms with Gasteiger partial charge in [-0.15, -0.1) is 0 Å². The highest BCUT2D eigenvalue weighted by molar-refractivity contribution is 7.95. The van der Waals surface area contributed by atoms with Crippen LogP contribution >= 0.6 is 0 Å². The van der Waals surface area contributed by atoms with Crippen LogP contribution in [0.4, 0.5) is 0 Å². The van der Waals surface area contributed by atoms with Gasteiger partial charge in [0.15, 0.2) is 0 Å². The smallest absolute Gasteiger partial charge is 0.206 e. The predicted octanol–water partition coefficient (Wildman–Crippen LogP) is 6.45. The van der Waals surface area contributed by atoms with Crippen LogP contribution in [0.25, 0.3) is 5.76 Å². The highest BCUT2D eigenvalue weighted by Gasteiger charge is 2.53. The Labute approximate surface area is 181 Å². The number of aryl methyl sites for hydroxylation is 2. The van der Waals surface area contributed by atoms with E-state index in [9.17, 15) is 8.42 Å². The number of ether oxygens (including phenoxy) is 1. The highest BCUT2D eigenvalue weighted by atomic mass is 32.2. The Morgan fingerprint density at radius 2 is 1.43 bits per heavy atom. The second-order valence-corrected chi connectivity index (χ2v) is 11.9. The third-order valence-electron chi connectivity index (χ3n) is 7.12. The lowest BCUT2D eigenvalue weighted by Gasteiger charge is -2.53. The molecule has 0 N–H and O–H groups in total. The Morgan fingerprint density at radius 3 is 2.03 bits per heavy atom. The molecule has 0 unspecified atom stereocenters. The number of fused-ring (bicyclic) bond motifs is 1. The SMILES string of the molecule is Cc1ccc(C2=C(S(=O)(=O)c3ccc(C)cc3)C[C@H]3C(C)(C)CCC[C@]3(C)O2)cc1. The van der Waals surface area contributed by atoms with Crippen LogP contribution in [-0.4, -0.2) is 14.0 Å². The first-order valence-electron chi connectivity index (χ1n) is 10.8. The second-order valence-electron chi connectivity index (χ2n) is 9.95. The summed E-state index contributed by atoms with van der Waals surface area (Å²) in [6, 6.07) is 15.1. The summed E-state index contributed by atoms with van der Waals surface area (Å²) in [5.41, 5.74) is 2.70. The lowest BCUT2D eigenvalue weighted by atomic mass is 9.60. The largest absolute Gasteiger partial charge is 0.486 e. The first kappa shape index (κ1) is 21.2. The number of hydrogen-bond donors (Lipinski definition) is 0. The molecule has 1 aliphatic carbocycles. The number of allylic oxidation sites excluding steroid dienone is 1. The Balaban J connectivity index is 1.92. The monoisotopic (exact) mass is 424 g/mol. The fraction of sp³-hybridized carbons (Fsp3) is 0.462. The molecule has 2 aliphatic rings. The summed E-state index contributed by atoms with van der Waals surface area (Å²) in [6.07, 6.45) is 3.66. The van der Waals surface area contributed by atoms with Crippen molar-refractivity contribution >= 4 is 15.6 Å². The van der Waals surface area contributed by atoms with Crippen LogP contribution in [0.1, 0.15) is 63.1 Å². The van der Waals surface area contributed by atoms with Crippen LogP contribution in [-0.2, 0) is 14.6 Å². The molecule has 160 valence electrons. The van der Waals surface area contributed by atoms with Crippen LogP contribution in [0.5, 0.6) is 0 Å². The van der Waals surface area contributed by atoms with Gasteiger partial charge in [-0.1, -0.05) is 61.4 Å². The Kier molecular flexibility index (Phi) is 5.13. The molecule has 0 radical (unpaired) electrons. The Hall–Kier alpha value is -2.07. The molecule has 0 aromatic heterocycles. The molecule has 2 aromatic rings. The van der Waals surface area contributed by atoms with Crippen molar-refractivity contribution in [2.75, 3.05) is 0 Å². The molecule has 30 heavy (non-hydrogen) atoms. The van der Waals surface area contributed by atoms with Gasteiger partial charge in [0.25, 0.3) is 0 Å². The third kappa shape index (κ3) is 3.60. The molecular formula is C26H32O3S. The second kappa shape index (κ2) is 7.26. The van der Waals surface area contributed by atoms with Gasteiger partial charge in [0.2, 0.25) is 9.84 Å². The zero-order valence-corrected chi connectivity index (χ0v) is 19.5. The standard InChI is InChI=1S/C26H32O3S/c1-18-7-11-20(12-8-18)24-22(30(27,28)21-13-9-19(2)10-14-21)17-23-25(3,4)15-6-16-26(23,5)29-24/h7-14,23H,6,15-17H2,1-5H3/t23-,26-/m0/s1. The van der Waals surface area contributed by atoms with Crippen LogP contribution in [0.15, 0.2) is 58.3 Å². The van der Waals surface area contributed by atoms with Crippen molar-refractivity contribution in [3.63, 3.8) is 0 Å². The van der Waals surface area contributed by atoms with Gasteiger partial charge in [-0.2, -0.15) is 0 Å². The minimum absolute atomic E-state index is 0.0276. The normalized spacial score (nSPS) is 26.1. The van der Waals surface area contributed by atoms with Crippen LogP contribution < -0.4 is 0 Å². The van der Waals surface area contributed by atoms with E-state index >= 15 is 0 Å². The summed E-state index contributed by atoms with van der Waals surface area (Å²) in [7, 11) is -3.66. The van der Waals surface area contributed by atoms with E-state index < -0.39 is 9.84 Å². The average Bonchev–Trinajstić information content (AvgIpc) is 2.67. The van der Waals surface area contributed by atoms with Gasteiger partial charge < -0.3 is 4.74 Å². The van der Waals surface area contributed by atoms with E-state index in [2.05, 4.69) is 20.8 Å². The van der Waals surface area contributed by atoms with Crippen molar-refractivity contribution in [3.05, 3.63) is 70.1 Å². The van der Waals surface area contributed by atoms with Gasteiger partial charge in [0, 0.05) is 11.5 Å². The van der Waals surface area contributed by atoms with Gasteiger partial charge in [0.05, 0.1) is 9.80 Å². The maximum absolute atomic E-state index is 13.8. The number of benzene rings is 2. The first-order valence-corrected chi connectivity index (χ1v) is 12.3. The van der Waals surface area contributed by atoms with Gasteiger partial charge in [-0.3, -0.25) is 0 Å². The lowest BCUT2D eigenvalue weighted by Crippen LogP contribution is -2.51. The summed E-state index contributed by atoms with van der Waals surface area (Å²) in [5, 5.41) is 0. The van der Waals surface area contributed by atoms with Gasteiger partial charge in [0.1, 0.15) is 11.4 Å². The molecule has 0 spiro atoms. The molecule has 0 bridgehead atoms. The minimum atomic E-state index is -3.66. The number of sulfone groups is 1. The molecule has 1 fully saturated rings. The van der Waals surface area contributed by atoms with Crippen molar-refractivity contribution < 1.29 is 13.2 Å². The fourth-order valence-corrected chi connectivity index (χ4v) is 6.84. The maximum Gasteiger partial charge on any atom is 0.206 e. The van der Waals surface area contributed by atoms with Crippen molar-refractivity contribution in [3.8, 4) is 0 Å². The maximum atomic E-state index is 13.8. The molecule has 0 saturated heterocycles. The molecule has 1 saturated carbocycles. The van der Waals surface area contributed by atoms with Crippen LogP contribution in [0.2, 0.25) is 0 Å². The summed E-state index contributed by atoms with van der Waals surface area (Å²) in [4.78, 5) is 0.765.